The summed E-state index contributed by atoms with van der Waals surface area (Å²) in [5.74, 6) is -0.838. The molecule has 1 unspecified atom stereocenters. The summed E-state index contributed by atoms with van der Waals surface area (Å²) in [7, 11) is 0. The van der Waals surface area contributed by atoms with Gasteiger partial charge in [-0.05, 0) is 44.9 Å². The smallest absolute Gasteiger partial charge is 0.305 e. The Labute approximate surface area is 313 Å². The molecule has 0 aromatic carbocycles. The van der Waals surface area contributed by atoms with Crippen LogP contribution < -0.4 is 0 Å². The molecule has 0 heterocycles. The molecule has 0 spiro atoms. The summed E-state index contributed by atoms with van der Waals surface area (Å²) in [6.07, 6.45) is 50.1. The van der Waals surface area contributed by atoms with Crippen molar-refractivity contribution in [1.82, 2.24) is 0 Å². The quantitative estimate of drug-likeness (QED) is 0.0291. The Morgan fingerprint density at radius 2 is 0.882 bits per heavy atom. The van der Waals surface area contributed by atoms with Crippen LogP contribution in [0.4, 0.5) is 0 Å². The van der Waals surface area contributed by atoms with E-state index in [0.29, 0.717) is 6.42 Å². The number of unbranched alkanes of at least 4 members (excludes halogenated alkanes) is 16. The van der Waals surface area contributed by atoms with Gasteiger partial charge >= 0.3 is 11.9 Å². The van der Waals surface area contributed by atoms with Crippen LogP contribution in [0.25, 0.3) is 0 Å². The monoisotopic (exact) mass is 713 g/mol. The molecule has 0 radical (unpaired) electrons. The van der Waals surface area contributed by atoms with Crippen molar-refractivity contribution in [1.29, 1.82) is 0 Å². The number of ether oxygens (including phenoxy) is 2. The van der Waals surface area contributed by atoms with Gasteiger partial charge in [-0.1, -0.05) is 189 Å². The number of allylic oxidation sites excluding steroid dienone is 11. The predicted molar refractivity (Wildman–Crippen MR) is 216 cm³/mol. The number of hydrogen-bond donors (Lipinski definition) is 2. The van der Waals surface area contributed by atoms with Crippen molar-refractivity contribution in [3.05, 3.63) is 72.9 Å². The minimum absolute atomic E-state index is 0.0307. The van der Waals surface area contributed by atoms with Crippen LogP contribution in [-0.2, 0) is 19.1 Å². The van der Waals surface area contributed by atoms with E-state index < -0.39 is 18.2 Å². The summed E-state index contributed by atoms with van der Waals surface area (Å²) in [4.78, 5) is 24.0. The van der Waals surface area contributed by atoms with E-state index in [1.807, 2.05) is 12.2 Å². The molecule has 0 aromatic heterocycles. The standard InChI is InChI=1S/C45H76O6/c1-3-5-7-9-11-13-15-17-19-21-23-25-27-29-31-33-35-37-44(48)50-40-43(47)41-51-45(49)39-38-42(46)36-34-32-30-28-26-24-22-20-18-16-14-12-10-8-6-4-2/h6,8,12,14,18,20,24,26,30,32,34,36,42-43,46-47H,3-5,7,9-11,13,15-17,19,21-23,25,27-29,31,33,35,37-41H2,1-2H3/b8-6-,14-12-,20-18-,26-24-,32-30-,36-34-/t42?,43-/m0/s1. The van der Waals surface area contributed by atoms with Gasteiger partial charge in [0, 0.05) is 12.8 Å². The Morgan fingerprint density at radius 3 is 1.33 bits per heavy atom. The first kappa shape index (κ1) is 48.3. The van der Waals surface area contributed by atoms with E-state index in [4.69, 9.17) is 9.47 Å². The summed E-state index contributed by atoms with van der Waals surface area (Å²) in [6.45, 7) is 3.98. The lowest BCUT2D eigenvalue weighted by molar-refractivity contribution is -0.152. The molecule has 0 rings (SSSR count). The molecule has 2 atom stereocenters. The van der Waals surface area contributed by atoms with Crippen molar-refractivity contribution in [3.63, 3.8) is 0 Å². The zero-order valence-corrected chi connectivity index (χ0v) is 32.7. The Kier molecular flexibility index (Phi) is 38.0. The Morgan fingerprint density at radius 1 is 0.490 bits per heavy atom. The summed E-state index contributed by atoms with van der Waals surface area (Å²) in [5.41, 5.74) is 0. The molecule has 0 aromatic rings. The minimum Gasteiger partial charge on any atom is -0.463 e. The molecule has 0 bridgehead atoms. The van der Waals surface area contributed by atoms with Crippen molar-refractivity contribution in [2.24, 2.45) is 0 Å². The number of esters is 2. The molecule has 6 nitrogen and oxygen atoms in total. The summed E-state index contributed by atoms with van der Waals surface area (Å²) < 4.78 is 10.2. The van der Waals surface area contributed by atoms with Crippen molar-refractivity contribution in [2.45, 2.75) is 187 Å². The molecule has 0 amide bonds. The molecular formula is C45H76O6. The van der Waals surface area contributed by atoms with Crippen LogP contribution in [0.3, 0.4) is 0 Å². The van der Waals surface area contributed by atoms with Gasteiger partial charge in [0.15, 0.2) is 0 Å². The van der Waals surface area contributed by atoms with Crippen molar-refractivity contribution >= 4 is 11.9 Å². The molecule has 51 heavy (non-hydrogen) atoms. The molecule has 292 valence electrons. The number of hydrogen-bond acceptors (Lipinski definition) is 6. The van der Waals surface area contributed by atoms with Gasteiger partial charge in [0.25, 0.3) is 0 Å². The second-order valence-corrected chi connectivity index (χ2v) is 13.6. The van der Waals surface area contributed by atoms with Crippen molar-refractivity contribution < 1.29 is 29.3 Å². The average molecular weight is 713 g/mol. The van der Waals surface area contributed by atoms with Gasteiger partial charge in [0.1, 0.15) is 19.3 Å². The fourth-order valence-electron chi connectivity index (χ4n) is 5.43. The molecule has 0 aliphatic carbocycles. The molecule has 2 N–H and O–H groups in total. The molecular weight excluding hydrogens is 636 g/mol. The highest BCUT2D eigenvalue weighted by Crippen LogP contribution is 2.14. The normalized spacial score (nSPS) is 13.6. The second kappa shape index (κ2) is 40.1. The SMILES string of the molecule is CC/C=C\C/C=C\C/C=C\C/C=C\C/C=C\C=C/C(O)CCC(=O)OC[C@@H](O)COC(=O)CCCCCCCCCCCCCCCCCCC. The maximum atomic E-state index is 12.0. The van der Waals surface area contributed by atoms with Gasteiger partial charge in [-0.2, -0.15) is 0 Å². The van der Waals surface area contributed by atoms with E-state index in [2.05, 4.69) is 62.5 Å². The Balaban J connectivity index is 3.66. The first-order valence-electron chi connectivity index (χ1n) is 20.6. The largest absolute Gasteiger partial charge is 0.463 e. The van der Waals surface area contributed by atoms with Gasteiger partial charge < -0.3 is 19.7 Å². The van der Waals surface area contributed by atoms with Crippen LogP contribution in [0, 0.1) is 0 Å². The van der Waals surface area contributed by atoms with E-state index in [1.165, 1.54) is 89.9 Å². The fourth-order valence-corrected chi connectivity index (χ4v) is 5.43. The van der Waals surface area contributed by atoms with Crippen LogP contribution in [0.1, 0.15) is 174 Å². The van der Waals surface area contributed by atoms with Gasteiger partial charge in [0.2, 0.25) is 0 Å². The molecule has 0 saturated carbocycles. The van der Waals surface area contributed by atoms with Crippen LogP contribution in [0.5, 0.6) is 0 Å². The first-order valence-corrected chi connectivity index (χ1v) is 20.6. The van der Waals surface area contributed by atoms with E-state index >= 15 is 0 Å². The number of carbonyl (C=O) groups is 2. The van der Waals surface area contributed by atoms with E-state index in [-0.39, 0.29) is 32.0 Å². The van der Waals surface area contributed by atoms with Gasteiger partial charge in [-0.15, -0.1) is 0 Å². The minimum atomic E-state index is -1.06. The molecule has 0 aliphatic rings. The fraction of sp³-hybridized carbons (Fsp3) is 0.689. The van der Waals surface area contributed by atoms with E-state index in [9.17, 15) is 19.8 Å². The van der Waals surface area contributed by atoms with E-state index in [0.717, 1.165) is 51.4 Å². The summed E-state index contributed by atoms with van der Waals surface area (Å²) in [5, 5.41) is 20.1. The second-order valence-electron chi connectivity index (χ2n) is 13.6. The van der Waals surface area contributed by atoms with Crippen LogP contribution in [-0.4, -0.2) is 47.6 Å². The van der Waals surface area contributed by atoms with Crippen LogP contribution in [0.15, 0.2) is 72.9 Å². The third-order valence-corrected chi connectivity index (χ3v) is 8.57. The molecule has 0 saturated heterocycles. The third kappa shape index (κ3) is 39.9. The van der Waals surface area contributed by atoms with Crippen molar-refractivity contribution in [2.75, 3.05) is 13.2 Å². The Bertz CT molecular complexity index is 960. The summed E-state index contributed by atoms with van der Waals surface area (Å²) in [6, 6.07) is 0. The highest BCUT2D eigenvalue weighted by atomic mass is 16.6. The van der Waals surface area contributed by atoms with Crippen LogP contribution in [0.2, 0.25) is 0 Å². The predicted octanol–water partition coefficient (Wildman–Crippen LogP) is 11.9. The zero-order chi connectivity index (χ0) is 37.3. The Hall–Kier alpha value is -2.70. The highest BCUT2D eigenvalue weighted by Gasteiger charge is 2.13. The molecule has 6 heteroatoms. The lowest BCUT2D eigenvalue weighted by atomic mass is 10.0. The maximum Gasteiger partial charge on any atom is 0.305 e. The van der Waals surface area contributed by atoms with Gasteiger partial charge in [-0.3, -0.25) is 9.59 Å². The lowest BCUT2D eigenvalue weighted by Crippen LogP contribution is -2.25. The zero-order valence-electron chi connectivity index (χ0n) is 32.7. The topological polar surface area (TPSA) is 93.1 Å². The molecule has 0 fully saturated rings. The average Bonchev–Trinajstić information content (AvgIpc) is 3.13. The van der Waals surface area contributed by atoms with Crippen LogP contribution >= 0.6 is 0 Å². The van der Waals surface area contributed by atoms with Gasteiger partial charge in [0.05, 0.1) is 6.10 Å². The number of rotatable bonds is 36. The number of aliphatic hydroxyl groups is 2. The molecule has 0 aliphatic heterocycles. The third-order valence-electron chi connectivity index (χ3n) is 8.57. The summed E-state index contributed by atoms with van der Waals surface area (Å²) >= 11 is 0. The van der Waals surface area contributed by atoms with Gasteiger partial charge in [-0.25, -0.2) is 0 Å². The number of carbonyl (C=O) groups excluding carboxylic acids is 2. The highest BCUT2D eigenvalue weighted by molar-refractivity contribution is 5.69. The van der Waals surface area contributed by atoms with E-state index in [1.54, 1.807) is 12.2 Å². The maximum absolute atomic E-state index is 12.0. The number of aliphatic hydroxyl groups excluding tert-OH is 2. The first-order chi connectivity index (χ1) is 25.0. The lowest BCUT2D eigenvalue weighted by Gasteiger charge is -2.12. The van der Waals surface area contributed by atoms with Crippen molar-refractivity contribution in [3.8, 4) is 0 Å².